The van der Waals surface area contributed by atoms with Gasteiger partial charge >= 0.3 is 0 Å². The van der Waals surface area contributed by atoms with E-state index < -0.39 is 15.8 Å². The molecule has 1 unspecified atom stereocenters. The number of nitrogens with zero attached hydrogens (tertiary/aromatic N) is 2. The second kappa shape index (κ2) is 8.28. The first-order valence-corrected chi connectivity index (χ1v) is 11.4. The lowest BCUT2D eigenvalue weighted by atomic mass is 10.1. The summed E-state index contributed by atoms with van der Waals surface area (Å²) in [5.74, 6) is -0.693. The summed E-state index contributed by atoms with van der Waals surface area (Å²) in [7, 11) is -2.16. The zero-order chi connectivity index (χ0) is 22.2. The highest BCUT2D eigenvalue weighted by atomic mass is 32.2. The fourth-order valence-corrected chi connectivity index (χ4v) is 5.31. The first kappa shape index (κ1) is 21.3. The largest absolute Gasteiger partial charge is 0.325 e. The number of carbonyl (C=O) groups excluding carboxylic acids is 1. The smallest absolute Gasteiger partial charge is 0.268 e. The van der Waals surface area contributed by atoms with Crippen molar-refractivity contribution in [1.29, 1.82) is 0 Å². The molecule has 1 saturated heterocycles. The van der Waals surface area contributed by atoms with Crippen LogP contribution in [0.2, 0.25) is 0 Å². The van der Waals surface area contributed by atoms with Crippen LogP contribution in [-0.4, -0.2) is 42.8 Å². The molecule has 1 aromatic heterocycles. The fraction of sp³-hybridized carbons (Fsp3) is 0.217. The van der Waals surface area contributed by atoms with Crippen LogP contribution in [0, 0.1) is 12.7 Å². The zero-order valence-electron chi connectivity index (χ0n) is 17.1. The summed E-state index contributed by atoms with van der Waals surface area (Å²) in [6.45, 7) is 4.66. The molecule has 6 nitrogen and oxygen atoms in total. The van der Waals surface area contributed by atoms with Crippen LogP contribution in [0.4, 0.5) is 10.1 Å². The number of nitrogens with one attached hydrogen (secondary N) is 1. The fourth-order valence-electron chi connectivity index (χ4n) is 3.88. The van der Waals surface area contributed by atoms with E-state index in [-0.39, 0.29) is 28.1 Å². The molecule has 8 heteroatoms. The molecule has 1 amide bonds. The Kier molecular flexibility index (Phi) is 5.68. The molecule has 3 aromatic rings. The van der Waals surface area contributed by atoms with Gasteiger partial charge in [-0.15, -0.1) is 0 Å². The Labute approximate surface area is 181 Å². The summed E-state index contributed by atoms with van der Waals surface area (Å²) in [5, 5.41) is 2.81. The molecule has 1 radical (unpaired) electrons. The highest BCUT2D eigenvalue weighted by molar-refractivity contribution is 7.90. The van der Waals surface area contributed by atoms with E-state index in [1.54, 1.807) is 24.3 Å². The van der Waals surface area contributed by atoms with Gasteiger partial charge in [-0.2, -0.15) is 0 Å². The molecule has 2 aromatic carbocycles. The third-order valence-corrected chi connectivity index (χ3v) is 7.14. The molecule has 1 fully saturated rings. The Balaban J connectivity index is 1.69. The molecule has 2 heterocycles. The van der Waals surface area contributed by atoms with E-state index in [0.29, 0.717) is 11.3 Å². The lowest BCUT2D eigenvalue weighted by molar-refractivity contribution is -0.119. The topological polar surface area (TPSA) is 71.4 Å². The van der Waals surface area contributed by atoms with Crippen LogP contribution < -0.4 is 5.32 Å². The summed E-state index contributed by atoms with van der Waals surface area (Å²) in [6.07, 6.45) is 3.07. The van der Waals surface area contributed by atoms with Crippen LogP contribution in [0.1, 0.15) is 18.4 Å². The molecule has 1 aliphatic heterocycles. The molecule has 0 spiro atoms. The standard InChI is InChI=1S/C23H23FN3O3S/c1-16-13-22(19-9-3-4-10-20(19)24)27(15-16)31(29,30)18-8-5-7-17(14-18)25-23(28)21-11-6-12-26(21)2/h3-5,7-10,13-15,21H,1,6,11-12H2,2H3,(H,25,28). The zero-order valence-corrected chi connectivity index (χ0v) is 17.9. The average molecular weight is 441 g/mol. The number of likely N-dealkylation sites (N-methyl/N-ethyl adjacent to an activating group) is 1. The van der Waals surface area contributed by atoms with Crippen molar-refractivity contribution in [2.24, 2.45) is 0 Å². The number of rotatable bonds is 5. The lowest BCUT2D eigenvalue weighted by Crippen LogP contribution is -2.37. The summed E-state index contributed by atoms with van der Waals surface area (Å²) in [6, 6.07) is 13.3. The van der Waals surface area contributed by atoms with Crippen molar-refractivity contribution in [2.75, 3.05) is 18.9 Å². The quantitative estimate of drug-likeness (QED) is 0.656. The van der Waals surface area contributed by atoms with Crippen LogP contribution in [0.15, 0.2) is 65.7 Å². The number of halogens is 1. The van der Waals surface area contributed by atoms with E-state index in [4.69, 9.17) is 0 Å². The van der Waals surface area contributed by atoms with Gasteiger partial charge in [0.1, 0.15) is 5.82 Å². The number of benzene rings is 2. The third-order valence-electron chi connectivity index (χ3n) is 5.47. The molecule has 1 N–H and O–H groups in total. The maximum atomic E-state index is 14.4. The van der Waals surface area contributed by atoms with Crippen molar-refractivity contribution in [3.05, 3.63) is 79.1 Å². The predicted octanol–water partition coefficient (Wildman–Crippen LogP) is 3.75. The van der Waals surface area contributed by atoms with Gasteiger partial charge in [-0.1, -0.05) is 18.2 Å². The predicted molar refractivity (Wildman–Crippen MR) is 118 cm³/mol. The Bertz CT molecular complexity index is 1240. The van der Waals surface area contributed by atoms with Crippen molar-refractivity contribution in [3.8, 4) is 11.3 Å². The molecule has 31 heavy (non-hydrogen) atoms. The van der Waals surface area contributed by atoms with Crippen LogP contribution in [0.5, 0.6) is 0 Å². The number of aromatic nitrogens is 1. The first-order chi connectivity index (χ1) is 14.8. The van der Waals surface area contributed by atoms with Gasteiger partial charge in [0.05, 0.1) is 16.6 Å². The summed E-state index contributed by atoms with van der Waals surface area (Å²) in [5.41, 5.74) is 1.18. The van der Waals surface area contributed by atoms with Crippen molar-refractivity contribution in [2.45, 2.75) is 23.8 Å². The minimum atomic E-state index is -4.05. The molecule has 0 aliphatic carbocycles. The Morgan fingerprint density at radius 1 is 1.16 bits per heavy atom. The Morgan fingerprint density at radius 2 is 1.94 bits per heavy atom. The number of amides is 1. The van der Waals surface area contributed by atoms with Crippen molar-refractivity contribution in [3.63, 3.8) is 0 Å². The van der Waals surface area contributed by atoms with E-state index >= 15 is 0 Å². The first-order valence-electron chi connectivity index (χ1n) is 9.93. The van der Waals surface area contributed by atoms with Gasteiger partial charge in [0.15, 0.2) is 0 Å². The Morgan fingerprint density at radius 3 is 2.65 bits per heavy atom. The summed E-state index contributed by atoms with van der Waals surface area (Å²) >= 11 is 0. The molecular formula is C23H23FN3O3S. The maximum absolute atomic E-state index is 14.4. The van der Waals surface area contributed by atoms with Crippen molar-refractivity contribution < 1.29 is 17.6 Å². The monoisotopic (exact) mass is 440 g/mol. The van der Waals surface area contributed by atoms with Crippen LogP contribution >= 0.6 is 0 Å². The van der Waals surface area contributed by atoms with Gasteiger partial charge < -0.3 is 5.32 Å². The van der Waals surface area contributed by atoms with Crippen LogP contribution in [-0.2, 0) is 14.8 Å². The van der Waals surface area contributed by atoms with E-state index in [0.717, 1.165) is 23.4 Å². The SMILES string of the molecule is [CH2]c1cc(-c2ccccc2F)n(S(=O)(=O)c2cccc(NC(=O)C3CCCN3C)c2)c1. The highest BCUT2D eigenvalue weighted by Gasteiger charge is 2.28. The van der Waals surface area contributed by atoms with Gasteiger partial charge in [-0.05, 0) is 75.3 Å². The number of anilines is 1. The molecular weight excluding hydrogens is 417 g/mol. The molecule has 1 aliphatic rings. The van der Waals surface area contributed by atoms with Crippen LogP contribution in [0.25, 0.3) is 11.3 Å². The minimum absolute atomic E-state index is 0.0155. The number of hydrogen-bond acceptors (Lipinski definition) is 4. The van der Waals surface area contributed by atoms with Gasteiger partial charge in [-0.3, -0.25) is 9.69 Å². The third kappa shape index (κ3) is 4.13. The number of likely N-dealkylation sites (tertiary alicyclic amines) is 1. The highest BCUT2D eigenvalue weighted by Crippen LogP contribution is 2.29. The Hall–Kier alpha value is -2.97. The van der Waals surface area contributed by atoms with Gasteiger partial charge in [0.2, 0.25) is 5.91 Å². The molecule has 1 atom stereocenters. The van der Waals surface area contributed by atoms with Crippen molar-refractivity contribution >= 4 is 21.6 Å². The van der Waals surface area contributed by atoms with E-state index in [1.165, 1.54) is 36.5 Å². The number of carbonyl (C=O) groups is 1. The molecule has 0 saturated carbocycles. The second-order valence-electron chi connectivity index (χ2n) is 7.67. The molecule has 0 bridgehead atoms. The molecule has 4 rings (SSSR count). The normalized spacial score (nSPS) is 17.1. The molecule has 161 valence electrons. The maximum Gasteiger partial charge on any atom is 0.268 e. The van der Waals surface area contributed by atoms with Gasteiger partial charge in [0, 0.05) is 17.4 Å². The van der Waals surface area contributed by atoms with Gasteiger partial charge in [-0.25, -0.2) is 16.8 Å². The van der Waals surface area contributed by atoms with Gasteiger partial charge in [0.25, 0.3) is 10.0 Å². The number of hydrogen-bond donors (Lipinski definition) is 1. The van der Waals surface area contributed by atoms with Crippen LogP contribution in [0.3, 0.4) is 0 Å². The van der Waals surface area contributed by atoms with E-state index in [9.17, 15) is 17.6 Å². The summed E-state index contributed by atoms with van der Waals surface area (Å²) < 4.78 is 42.2. The summed E-state index contributed by atoms with van der Waals surface area (Å²) in [4.78, 5) is 14.5. The second-order valence-corrected chi connectivity index (χ2v) is 9.48. The van der Waals surface area contributed by atoms with E-state index in [1.807, 2.05) is 11.9 Å². The minimum Gasteiger partial charge on any atom is -0.325 e. The lowest BCUT2D eigenvalue weighted by Gasteiger charge is -2.19. The van der Waals surface area contributed by atoms with Crippen molar-refractivity contribution in [1.82, 2.24) is 8.87 Å². The van der Waals surface area contributed by atoms with E-state index in [2.05, 4.69) is 12.2 Å². The average Bonchev–Trinajstić information content (AvgIpc) is 3.34.